The van der Waals surface area contributed by atoms with Crippen molar-refractivity contribution in [3.05, 3.63) is 97.1 Å². The molecule has 0 aliphatic heterocycles. The summed E-state index contributed by atoms with van der Waals surface area (Å²) in [6.07, 6.45) is 0. The number of hydrogen-bond acceptors (Lipinski definition) is 4. The minimum atomic E-state index is 0.0346. The van der Waals surface area contributed by atoms with Crippen LogP contribution in [0.25, 0.3) is 54.6 Å². The van der Waals surface area contributed by atoms with Gasteiger partial charge in [-0.25, -0.2) is 0 Å². The van der Waals surface area contributed by atoms with Gasteiger partial charge in [-0.2, -0.15) is 0 Å². The van der Waals surface area contributed by atoms with Crippen LogP contribution in [0.2, 0.25) is 0 Å². The van der Waals surface area contributed by atoms with Crippen molar-refractivity contribution in [1.82, 2.24) is 0 Å². The number of aromatic hydroxyl groups is 2. The first kappa shape index (κ1) is 19.9. The van der Waals surface area contributed by atoms with E-state index in [4.69, 9.17) is 11.5 Å². The van der Waals surface area contributed by atoms with Crippen molar-refractivity contribution in [3.8, 4) is 33.8 Å². The number of phenolic OH excluding ortho intramolecular Hbond substituents is 2. The third-order valence-electron chi connectivity index (χ3n) is 6.58. The SMILES string of the molecule is Nc1ccc(-c2ccc3c(ccc4c5ccccc5ccc34)c2-c2ccc(N)c(O)c2)cc1O. The Bertz CT molecular complexity index is 1760. The van der Waals surface area contributed by atoms with Gasteiger partial charge in [0.25, 0.3) is 0 Å². The van der Waals surface area contributed by atoms with Gasteiger partial charge in [0.15, 0.2) is 0 Å². The Morgan fingerprint density at radius 2 is 1.03 bits per heavy atom. The fraction of sp³-hybridized carbons (Fsp3) is 0. The van der Waals surface area contributed by atoms with Crippen LogP contribution in [0.3, 0.4) is 0 Å². The van der Waals surface area contributed by atoms with Crippen molar-refractivity contribution < 1.29 is 10.2 Å². The first-order valence-corrected chi connectivity index (χ1v) is 11.1. The van der Waals surface area contributed by atoms with Gasteiger partial charge in [0.05, 0.1) is 11.4 Å². The fourth-order valence-corrected chi connectivity index (χ4v) is 4.87. The normalized spacial score (nSPS) is 11.4. The number of benzene rings is 6. The highest BCUT2D eigenvalue weighted by Gasteiger charge is 2.16. The predicted octanol–water partition coefficient (Wildman–Crippen LogP) is 7.06. The summed E-state index contributed by atoms with van der Waals surface area (Å²) < 4.78 is 0. The predicted molar refractivity (Wildman–Crippen MR) is 142 cm³/mol. The van der Waals surface area contributed by atoms with Crippen molar-refractivity contribution in [3.63, 3.8) is 0 Å². The number of fused-ring (bicyclic) bond motifs is 5. The van der Waals surface area contributed by atoms with Crippen LogP contribution in [-0.2, 0) is 0 Å². The lowest BCUT2D eigenvalue weighted by Gasteiger charge is -2.17. The minimum absolute atomic E-state index is 0.0346. The second-order valence-electron chi connectivity index (χ2n) is 8.58. The third kappa shape index (κ3) is 3.00. The van der Waals surface area contributed by atoms with E-state index in [1.807, 2.05) is 12.1 Å². The molecule has 0 heterocycles. The Labute approximate surface area is 196 Å². The summed E-state index contributed by atoms with van der Waals surface area (Å²) in [6, 6.07) is 31.7. The molecule has 6 rings (SSSR count). The molecule has 0 atom stereocenters. The maximum atomic E-state index is 10.4. The van der Waals surface area contributed by atoms with Crippen LogP contribution in [-0.4, -0.2) is 10.2 Å². The molecule has 0 unspecified atom stereocenters. The van der Waals surface area contributed by atoms with Crippen LogP contribution in [0.1, 0.15) is 0 Å². The van der Waals surface area contributed by atoms with E-state index in [0.29, 0.717) is 11.4 Å². The van der Waals surface area contributed by atoms with Gasteiger partial charge >= 0.3 is 0 Å². The van der Waals surface area contributed by atoms with E-state index >= 15 is 0 Å². The van der Waals surface area contributed by atoms with E-state index in [1.165, 1.54) is 16.2 Å². The smallest absolute Gasteiger partial charge is 0.139 e. The zero-order chi connectivity index (χ0) is 23.4. The number of nitrogens with two attached hydrogens (primary N) is 2. The summed E-state index contributed by atoms with van der Waals surface area (Å²) in [7, 11) is 0. The summed E-state index contributed by atoms with van der Waals surface area (Å²) in [5.41, 5.74) is 15.9. The Balaban J connectivity index is 1.73. The summed E-state index contributed by atoms with van der Waals surface area (Å²) in [5, 5.41) is 27.6. The highest BCUT2D eigenvalue weighted by atomic mass is 16.3. The van der Waals surface area contributed by atoms with Gasteiger partial charge in [-0.15, -0.1) is 0 Å². The molecule has 0 aliphatic rings. The van der Waals surface area contributed by atoms with E-state index in [1.54, 1.807) is 24.3 Å². The van der Waals surface area contributed by atoms with Gasteiger partial charge in [-0.3, -0.25) is 0 Å². The molecule has 0 saturated heterocycles. The number of nitrogen functional groups attached to an aromatic ring is 2. The van der Waals surface area contributed by atoms with E-state index in [-0.39, 0.29) is 11.5 Å². The van der Waals surface area contributed by atoms with Gasteiger partial charge in [0.1, 0.15) is 11.5 Å². The molecule has 0 fully saturated rings. The molecule has 0 radical (unpaired) electrons. The van der Waals surface area contributed by atoms with E-state index in [0.717, 1.165) is 38.4 Å². The molecule has 164 valence electrons. The van der Waals surface area contributed by atoms with Crippen LogP contribution in [0.4, 0.5) is 11.4 Å². The molecule has 0 bridgehead atoms. The third-order valence-corrected chi connectivity index (χ3v) is 6.58. The van der Waals surface area contributed by atoms with Crippen molar-refractivity contribution in [2.24, 2.45) is 0 Å². The summed E-state index contributed by atoms with van der Waals surface area (Å²) >= 11 is 0. The van der Waals surface area contributed by atoms with Crippen molar-refractivity contribution in [2.45, 2.75) is 0 Å². The quantitative estimate of drug-likeness (QED) is 0.131. The molecule has 6 aromatic carbocycles. The van der Waals surface area contributed by atoms with Crippen LogP contribution >= 0.6 is 0 Å². The van der Waals surface area contributed by atoms with Gasteiger partial charge in [0.2, 0.25) is 0 Å². The standard InChI is InChI=1S/C30H22N2O2/c31-26-13-6-18(15-28(26)33)21-9-10-24-23-8-5-17-3-1-2-4-20(17)22(23)11-12-25(24)30(21)19-7-14-27(32)29(34)16-19/h1-16,33-34H,31-32H2. The maximum absolute atomic E-state index is 10.4. The van der Waals surface area contributed by atoms with E-state index in [9.17, 15) is 10.2 Å². The van der Waals surface area contributed by atoms with Gasteiger partial charge in [-0.05, 0) is 78.8 Å². The van der Waals surface area contributed by atoms with Crippen molar-refractivity contribution in [2.75, 3.05) is 11.5 Å². The molecule has 0 amide bonds. The molecule has 4 heteroatoms. The van der Waals surface area contributed by atoms with Crippen LogP contribution in [0.5, 0.6) is 11.5 Å². The highest BCUT2D eigenvalue weighted by molar-refractivity contribution is 6.20. The molecule has 0 saturated carbocycles. The Morgan fingerprint density at radius 3 is 1.79 bits per heavy atom. The Kier molecular flexibility index (Phi) is 4.36. The van der Waals surface area contributed by atoms with Gasteiger partial charge in [0, 0.05) is 0 Å². The van der Waals surface area contributed by atoms with Crippen molar-refractivity contribution >= 4 is 43.7 Å². The molecule has 0 aromatic heterocycles. The fourth-order valence-electron chi connectivity index (χ4n) is 4.87. The lowest BCUT2D eigenvalue weighted by Crippen LogP contribution is -1.92. The molecule has 34 heavy (non-hydrogen) atoms. The summed E-state index contributed by atoms with van der Waals surface area (Å²) in [6.45, 7) is 0. The maximum Gasteiger partial charge on any atom is 0.139 e. The Morgan fingerprint density at radius 1 is 0.471 bits per heavy atom. The van der Waals surface area contributed by atoms with Crippen LogP contribution in [0.15, 0.2) is 97.1 Å². The first-order valence-electron chi connectivity index (χ1n) is 11.1. The summed E-state index contributed by atoms with van der Waals surface area (Å²) in [5.74, 6) is 0.0704. The van der Waals surface area contributed by atoms with E-state index in [2.05, 4.69) is 60.7 Å². The molecule has 0 spiro atoms. The molecular formula is C30H22N2O2. The van der Waals surface area contributed by atoms with Gasteiger partial charge < -0.3 is 21.7 Å². The second-order valence-corrected chi connectivity index (χ2v) is 8.58. The Hall–Kier alpha value is -4.70. The van der Waals surface area contributed by atoms with Crippen molar-refractivity contribution in [1.29, 1.82) is 0 Å². The van der Waals surface area contributed by atoms with Crippen LogP contribution < -0.4 is 11.5 Å². The molecule has 4 nitrogen and oxygen atoms in total. The zero-order valence-corrected chi connectivity index (χ0v) is 18.3. The van der Waals surface area contributed by atoms with Gasteiger partial charge in [-0.1, -0.05) is 72.8 Å². The molecule has 6 aromatic rings. The number of anilines is 2. The lowest BCUT2D eigenvalue weighted by molar-refractivity contribution is 0.477. The molecule has 6 N–H and O–H groups in total. The number of hydrogen-bond donors (Lipinski definition) is 4. The second kappa shape index (κ2) is 7.42. The highest BCUT2D eigenvalue weighted by Crippen LogP contribution is 2.43. The summed E-state index contributed by atoms with van der Waals surface area (Å²) in [4.78, 5) is 0. The number of rotatable bonds is 2. The first-order chi connectivity index (χ1) is 16.5. The topological polar surface area (TPSA) is 92.5 Å². The zero-order valence-electron chi connectivity index (χ0n) is 18.3. The monoisotopic (exact) mass is 442 g/mol. The average Bonchev–Trinajstić information content (AvgIpc) is 2.86. The lowest BCUT2D eigenvalue weighted by atomic mass is 9.87. The number of phenols is 2. The minimum Gasteiger partial charge on any atom is -0.506 e. The largest absolute Gasteiger partial charge is 0.506 e. The van der Waals surface area contributed by atoms with E-state index < -0.39 is 0 Å². The molecule has 0 aliphatic carbocycles. The molecular weight excluding hydrogens is 420 g/mol. The van der Waals surface area contributed by atoms with Crippen LogP contribution in [0, 0.1) is 0 Å². The average molecular weight is 443 g/mol.